The van der Waals surface area contributed by atoms with Crippen LogP contribution in [0.25, 0.3) is 0 Å². The summed E-state index contributed by atoms with van der Waals surface area (Å²) in [5.41, 5.74) is 1.30. The molecular formula is C12H14N2. The second-order valence-electron chi connectivity index (χ2n) is 2.26. The third-order valence-electron chi connectivity index (χ3n) is 1.28. The van der Waals surface area contributed by atoms with Gasteiger partial charge in [0.15, 0.2) is 0 Å². The molecule has 0 spiro atoms. The molecule has 0 aliphatic rings. The summed E-state index contributed by atoms with van der Waals surface area (Å²) in [6.07, 6.45) is 9.87. The van der Waals surface area contributed by atoms with Crippen molar-refractivity contribution in [2.75, 3.05) is 0 Å². The number of nitrogens with zero attached hydrogens (tertiary/aromatic N) is 2. The Morgan fingerprint density at radius 3 is 1.29 bits per heavy atom. The van der Waals surface area contributed by atoms with E-state index in [0.29, 0.717) is 11.4 Å². The zero-order valence-electron chi connectivity index (χ0n) is 8.19. The molecule has 0 aromatic rings. The molecule has 0 amide bonds. The van der Waals surface area contributed by atoms with Crippen LogP contribution in [0.5, 0.6) is 0 Å². The minimum atomic E-state index is 0.650. The van der Waals surface area contributed by atoms with E-state index in [-0.39, 0.29) is 0 Å². The van der Waals surface area contributed by atoms with Crippen molar-refractivity contribution in [1.82, 2.24) is 0 Å². The summed E-state index contributed by atoms with van der Waals surface area (Å²) in [6, 6.07) is 0. The van der Waals surface area contributed by atoms with E-state index in [0.717, 1.165) is 0 Å². The number of hydrogen-bond donors (Lipinski definition) is 0. The van der Waals surface area contributed by atoms with Crippen LogP contribution in [0, 0.1) is 0 Å². The molecular weight excluding hydrogens is 172 g/mol. The van der Waals surface area contributed by atoms with E-state index in [1.807, 2.05) is 0 Å². The average molecular weight is 186 g/mol. The summed E-state index contributed by atoms with van der Waals surface area (Å²) < 4.78 is 0. The molecule has 72 valence electrons. The van der Waals surface area contributed by atoms with Crippen molar-refractivity contribution in [2.45, 2.75) is 0 Å². The molecule has 14 heavy (non-hydrogen) atoms. The van der Waals surface area contributed by atoms with Gasteiger partial charge in [0.1, 0.15) is 0 Å². The minimum absolute atomic E-state index is 0.650. The Labute approximate surface area is 85.1 Å². The van der Waals surface area contributed by atoms with Gasteiger partial charge in [-0.2, -0.15) is 10.2 Å². The molecule has 0 aliphatic carbocycles. The number of azo groups is 1. The fourth-order valence-corrected chi connectivity index (χ4v) is 0.641. The second kappa shape index (κ2) is 7.68. The normalized spacial score (nSPS) is 12.6. The Morgan fingerprint density at radius 2 is 1.07 bits per heavy atom. The van der Waals surface area contributed by atoms with E-state index < -0.39 is 0 Å². The highest BCUT2D eigenvalue weighted by molar-refractivity contribution is 5.22. The van der Waals surface area contributed by atoms with Crippen LogP contribution in [-0.4, -0.2) is 0 Å². The zero-order chi connectivity index (χ0) is 10.8. The summed E-state index contributed by atoms with van der Waals surface area (Å²) in [6.45, 7) is 14.3. The molecule has 0 radical (unpaired) electrons. The molecule has 0 fully saturated rings. The molecule has 0 bridgehead atoms. The maximum atomic E-state index is 3.93. The first-order chi connectivity index (χ1) is 6.78. The van der Waals surface area contributed by atoms with Crippen molar-refractivity contribution in [1.29, 1.82) is 0 Å². The molecule has 2 heteroatoms. The van der Waals surface area contributed by atoms with Crippen molar-refractivity contribution in [2.24, 2.45) is 10.2 Å². The van der Waals surface area contributed by atoms with Gasteiger partial charge in [0.2, 0.25) is 0 Å². The lowest BCUT2D eigenvalue weighted by atomic mass is 10.4. The predicted octanol–water partition coefficient (Wildman–Crippen LogP) is 3.95. The summed E-state index contributed by atoms with van der Waals surface area (Å²) in [5.74, 6) is 0. The Bertz CT molecular complexity index is 285. The third kappa shape index (κ3) is 4.83. The molecule has 0 aromatic carbocycles. The minimum Gasteiger partial charge on any atom is -0.151 e. The van der Waals surface area contributed by atoms with Gasteiger partial charge in [-0.25, -0.2) is 0 Å². The van der Waals surface area contributed by atoms with E-state index in [1.54, 1.807) is 36.5 Å². The van der Waals surface area contributed by atoms with Crippen LogP contribution in [0.3, 0.4) is 0 Å². The quantitative estimate of drug-likeness (QED) is 0.443. The monoisotopic (exact) mass is 186 g/mol. The van der Waals surface area contributed by atoms with E-state index in [2.05, 4.69) is 36.5 Å². The third-order valence-corrected chi connectivity index (χ3v) is 1.28. The standard InChI is InChI=1S/C12H14N2/c1-5-9-11(7-3)13-14-12(8-4)10-6-2/h5-10H,1-4H2/b11-9+,12-10+,14-13+. The van der Waals surface area contributed by atoms with E-state index in [4.69, 9.17) is 0 Å². The highest BCUT2D eigenvalue weighted by atomic mass is 15.1. The number of hydrogen-bond acceptors (Lipinski definition) is 2. The predicted molar refractivity (Wildman–Crippen MR) is 61.8 cm³/mol. The molecule has 0 aliphatic heterocycles. The summed E-state index contributed by atoms with van der Waals surface area (Å²) in [5, 5.41) is 7.86. The van der Waals surface area contributed by atoms with Gasteiger partial charge in [0.25, 0.3) is 0 Å². The molecule has 2 nitrogen and oxygen atoms in total. The first kappa shape index (κ1) is 12.0. The lowest BCUT2D eigenvalue weighted by molar-refractivity contribution is 1.12. The summed E-state index contributed by atoms with van der Waals surface area (Å²) in [7, 11) is 0. The molecule has 0 aromatic heterocycles. The van der Waals surface area contributed by atoms with Gasteiger partial charge in [-0.05, 0) is 24.3 Å². The second-order valence-corrected chi connectivity index (χ2v) is 2.26. The number of allylic oxidation sites excluding steroid dienone is 6. The van der Waals surface area contributed by atoms with Gasteiger partial charge in [0, 0.05) is 0 Å². The van der Waals surface area contributed by atoms with Crippen LogP contribution >= 0.6 is 0 Å². The maximum Gasteiger partial charge on any atom is 0.0850 e. The Hall–Kier alpha value is -1.96. The SMILES string of the molecule is C=C/C=C(C=C)/N=N/C(C=C)=C/C=C. The summed E-state index contributed by atoms with van der Waals surface area (Å²) in [4.78, 5) is 0. The van der Waals surface area contributed by atoms with Crippen molar-refractivity contribution in [3.63, 3.8) is 0 Å². The van der Waals surface area contributed by atoms with E-state index in [1.165, 1.54) is 0 Å². The van der Waals surface area contributed by atoms with Crippen LogP contribution < -0.4 is 0 Å². The molecule has 0 saturated heterocycles. The Morgan fingerprint density at radius 1 is 0.714 bits per heavy atom. The van der Waals surface area contributed by atoms with Gasteiger partial charge in [-0.15, -0.1) is 0 Å². The van der Waals surface area contributed by atoms with Gasteiger partial charge in [0.05, 0.1) is 11.4 Å². The summed E-state index contributed by atoms with van der Waals surface area (Å²) >= 11 is 0. The molecule has 0 unspecified atom stereocenters. The largest absolute Gasteiger partial charge is 0.151 e. The van der Waals surface area contributed by atoms with Crippen molar-refractivity contribution in [3.05, 3.63) is 74.2 Å². The fraction of sp³-hybridized carbons (Fsp3) is 0. The average Bonchev–Trinajstić information content (AvgIpc) is 2.22. The molecule has 0 rings (SSSR count). The topological polar surface area (TPSA) is 24.7 Å². The van der Waals surface area contributed by atoms with Crippen LogP contribution in [0.1, 0.15) is 0 Å². The lowest BCUT2D eigenvalue weighted by Gasteiger charge is -1.90. The van der Waals surface area contributed by atoms with Crippen molar-refractivity contribution < 1.29 is 0 Å². The smallest absolute Gasteiger partial charge is 0.0850 e. The first-order valence-corrected chi connectivity index (χ1v) is 4.10. The molecule has 0 heterocycles. The maximum absolute atomic E-state index is 3.93. The lowest BCUT2D eigenvalue weighted by Crippen LogP contribution is -1.71. The van der Waals surface area contributed by atoms with Crippen molar-refractivity contribution >= 4 is 0 Å². The molecule has 0 N–H and O–H groups in total. The highest BCUT2D eigenvalue weighted by Gasteiger charge is 1.86. The highest BCUT2D eigenvalue weighted by Crippen LogP contribution is 2.05. The zero-order valence-corrected chi connectivity index (χ0v) is 8.19. The Balaban J connectivity index is 4.69. The van der Waals surface area contributed by atoms with Crippen molar-refractivity contribution in [3.8, 4) is 0 Å². The van der Waals surface area contributed by atoms with Gasteiger partial charge in [-0.3, -0.25) is 0 Å². The van der Waals surface area contributed by atoms with Crippen LogP contribution in [0.2, 0.25) is 0 Å². The van der Waals surface area contributed by atoms with Crippen LogP contribution in [-0.2, 0) is 0 Å². The van der Waals surface area contributed by atoms with Gasteiger partial charge < -0.3 is 0 Å². The van der Waals surface area contributed by atoms with Crippen LogP contribution in [0.15, 0.2) is 84.4 Å². The fourth-order valence-electron chi connectivity index (χ4n) is 0.641. The first-order valence-electron chi connectivity index (χ1n) is 4.10. The van der Waals surface area contributed by atoms with Gasteiger partial charge in [-0.1, -0.05) is 38.5 Å². The van der Waals surface area contributed by atoms with E-state index >= 15 is 0 Å². The molecule has 0 saturated carbocycles. The van der Waals surface area contributed by atoms with E-state index in [9.17, 15) is 0 Å². The Kier molecular flexibility index (Phi) is 6.60. The number of rotatable bonds is 6. The van der Waals surface area contributed by atoms with Gasteiger partial charge >= 0.3 is 0 Å². The van der Waals surface area contributed by atoms with Crippen LogP contribution in [0.4, 0.5) is 0 Å². The molecule has 0 atom stereocenters.